The molecular formula is C11H7ClN6O2. The molecule has 8 nitrogen and oxygen atoms in total. The van der Waals surface area contributed by atoms with Crippen LogP contribution in [0.3, 0.4) is 0 Å². The van der Waals surface area contributed by atoms with E-state index in [1.165, 1.54) is 12.3 Å². The largest absolute Gasteiger partial charge is 0.351 e. The van der Waals surface area contributed by atoms with E-state index in [0.29, 0.717) is 22.1 Å². The van der Waals surface area contributed by atoms with E-state index in [2.05, 4.69) is 31.1 Å². The Bertz CT molecular complexity index is 725. The molecule has 0 radical (unpaired) electrons. The second-order valence-corrected chi connectivity index (χ2v) is 4.21. The Morgan fingerprint density at radius 2 is 2.25 bits per heavy atom. The topological polar surface area (TPSA) is 110 Å². The highest BCUT2D eigenvalue weighted by molar-refractivity contribution is 6.31. The van der Waals surface area contributed by atoms with Crippen LogP contribution in [0.15, 0.2) is 35.0 Å². The lowest BCUT2D eigenvalue weighted by atomic mass is 10.1. The van der Waals surface area contributed by atoms with Crippen molar-refractivity contribution in [1.29, 1.82) is 0 Å². The van der Waals surface area contributed by atoms with E-state index >= 15 is 0 Å². The first-order valence-electron chi connectivity index (χ1n) is 5.50. The van der Waals surface area contributed by atoms with E-state index in [9.17, 15) is 4.79 Å². The maximum atomic E-state index is 12.0. The van der Waals surface area contributed by atoms with Crippen LogP contribution in [0.1, 0.15) is 10.6 Å². The van der Waals surface area contributed by atoms with Crippen LogP contribution in [-0.2, 0) is 0 Å². The van der Waals surface area contributed by atoms with Gasteiger partial charge in [-0.05, 0) is 28.6 Å². The number of nitrogens with one attached hydrogen (secondary N) is 2. The fraction of sp³-hybridized carbons (Fsp3) is 0. The molecule has 0 saturated heterocycles. The number of hydrogen-bond donors (Lipinski definition) is 2. The molecule has 0 unspecified atom stereocenters. The van der Waals surface area contributed by atoms with Crippen molar-refractivity contribution in [3.63, 3.8) is 0 Å². The maximum absolute atomic E-state index is 12.0. The maximum Gasteiger partial charge on any atom is 0.294 e. The van der Waals surface area contributed by atoms with Gasteiger partial charge in [0.15, 0.2) is 5.82 Å². The molecule has 2 heterocycles. The molecular weight excluding hydrogens is 284 g/mol. The first-order valence-corrected chi connectivity index (χ1v) is 5.87. The minimum Gasteiger partial charge on any atom is -0.351 e. The molecule has 3 aromatic rings. The molecule has 3 rings (SSSR count). The van der Waals surface area contributed by atoms with E-state index in [-0.39, 0.29) is 5.76 Å². The predicted molar refractivity (Wildman–Crippen MR) is 69.1 cm³/mol. The van der Waals surface area contributed by atoms with Gasteiger partial charge >= 0.3 is 0 Å². The minimum absolute atomic E-state index is 0.0895. The highest BCUT2D eigenvalue weighted by Gasteiger charge is 2.15. The van der Waals surface area contributed by atoms with Gasteiger partial charge in [0.25, 0.3) is 5.91 Å². The van der Waals surface area contributed by atoms with E-state index < -0.39 is 5.91 Å². The van der Waals surface area contributed by atoms with Crippen molar-refractivity contribution in [2.75, 3.05) is 5.32 Å². The number of anilines is 1. The van der Waals surface area contributed by atoms with Gasteiger partial charge in [-0.2, -0.15) is 0 Å². The summed E-state index contributed by atoms with van der Waals surface area (Å²) in [7, 11) is 0. The second-order valence-electron chi connectivity index (χ2n) is 3.77. The van der Waals surface area contributed by atoms with Gasteiger partial charge in [0.2, 0.25) is 5.76 Å². The standard InChI is InChI=1S/C11H7ClN6O2/c12-6-1-2-7(10-15-17-18-16-10)8(5-6)14-11(19)9-3-4-13-20-9/h1-5H,(H,14,19)(H,15,16,17,18). The Kier molecular flexibility index (Phi) is 3.13. The van der Waals surface area contributed by atoms with Crippen LogP contribution in [0.25, 0.3) is 11.4 Å². The number of hydrogen-bond acceptors (Lipinski definition) is 6. The third-order valence-electron chi connectivity index (χ3n) is 2.49. The Morgan fingerprint density at radius 1 is 1.35 bits per heavy atom. The summed E-state index contributed by atoms with van der Waals surface area (Å²) in [5.74, 6) is 0.0552. The molecule has 1 aromatic carbocycles. The Morgan fingerprint density at radius 3 is 2.95 bits per heavy atom. The SMILES string of the molecule is O=C(Nc1cc(Cl)ccc1-c1nnn[nH]1)c1ccno1. The van der Waals surface area contributed by atoms with Crippen LogP contribution >= 0.6 is 11.6 Å². The number of nitrogens with zero attached hydrogens (tertiary/aromatic N) is 4. The Balaban J connectivity index is 1.96. The van der Waals surface area contributed by atoms with Crippen LogP contribution in [0, 0.1) is 0 Å². The number of carbonyl (C=O) groups excluding carboxylic acids is 1. The van der Waals surface area contributed by atoms with Gasteiger partial charge in [0.05, 0.1) is 11.9 Å². The molecule has 0 bridgehead atoms. The van der Waals surface area contributed by atoms with Gasteiger partial charge in [-0.25, -0.2) is 5.10 Å². The van der Waals surface area contributed by atoms with Crippen molar-refractivity contribution in [1.82, 2.24) is 25.8 Å². The van der Waals surface area contributed by atoms with Crippen molar-refractivity contribution in [2.24, 2.45) is 0 Å². The summed E-state index contributed by atoms with van der Waals surface area (Å²) in [6.45, 7) is 0. The van der Waals surface area contributed by atoms with Gasteiger partial charge in [-0.1, -0.05) is 16.8 Å². The molecule has 0 aliphatic carbocycles. The number of benzene rings is 1. The quantitative estimate of drug-likeness (QED) is 0.760. The number of aromatic nitrogens is 5. The third-order valence-corrected chi connectivity index (χ3v) is 2.73. The molecule has 1 amide bonds. The lowest BCUT2D eigenvalue weighted by molar-refractivity contribution is 0.0988. The first-order chi connectivity index (χ1) is 9.74. The number of H-pyrrole nitrogens is 1. The number of carbonyl (C=O) groups is 1. The summed E-state index contributed by atoms with van der Waals surface area (Å²) in [5, 5.41) is 20.0. The van der Waals surface area contributed by atoms with E-state index in [1.807, 2.05) is 0 Å². The van der Waals surface area contributed by atoms with Crippen LogP contribution < -0.4 is 5.32 Å². The smallest absolute Gasteiger partial charge is 0.294 e. The van der Waals surface area contributed by atoms with Gasteiger partial charge < -0.3 is 9.84 Å². The fourth-order valence-electron chi connectivity index (χ4n) is 1.62. The van der Waals surface area contributed by atoms with Crippen LogP contribution in [0.5, 0.6) is 0 Å². The molecule has 0 fully saturated rings. The second kappa shape index (κ2) is 5.10. The van der Waals surface area contributed by atoms with Crippen LogP contribution in [-0.4, -0.2) is 31.7 Å². The van der Waals surface area contributed by atoms with Crippen molar-refractivity contribution in [3.05, 3.63) is 41.2 Å². The van der Waals surface area contributed by atoms with E-state index in [0.717, 1.165) is 0 Å². The number of aromatic amines is 1. The van der Waals surface area contributed by atoms with Crippen molar-refractivity contribution in [3.8, 4) is 11.4 Å². The summed E-state index contributed by atoms with van der Waals surface area (Å²) in [5.41, 5.74) is 1.06. The number of amides is 1. The third kappa shape index (κ3) is 2.36. The molecule has 0 saturated carbocycles. The number of halogens is 1. The average Bonchev–Trinajstić information content (AvgIpc) is 3.12. The normalized spacial score (nSPS) is 10.4. The van der Waals surface area contributed by atoms with Gasteiger partial charge in [0.1, 0.15) is 0 Å². The zero-order valence-corrected chi connectivity index (χ0v) is 10.6. The molecule has 20 heavy (non-hydrogen) atoms. The monoisotopic (exact) mass is 290 g/mol. The van der Waals surface area contributed by atoms with Crippen LogP contribution in [0.2, 0.25) is 5.02 Å². The number of tetrazole rings is 1. The minimum atomic E-state index is -0.446. The lowest BCUT2D eigenvalue weighted by Gasteiger charge is -2.08. The molecule has 2 N–H and O–H groups in total. The number of rotatable bonds is 3. The Hall–Kier alpha value is -2.74. The fourth-order valence-corrected chi connectivity index (χ4v) is 1.79. The average molecular weight is 291 g/mol. The van der Waals surface area contributed by atoms with Gasteiger partial charge in [-0.15, -0.1) is 5.10 Å². The van der Waals surface area contributed by atoms with E-state index in [4.69, 9.17) is 16.1 Å². The predicted octanol–water partition coefficient (Wildman–Crippen LogP) is 1.76. The zero-order valence-electron chi connectivity index (χ0n) is 9.87. The van der Waals surface area contributed by atoms with E-state index in [1.54, 1.807) is 18.2 Å². The van der Waals surface area contributed by atoms with Crippen molar-refractivity contribution in [2.45, 2.75) is 0 Å². The molecule has 0 aliphatic rings. The highest BCUT2D eigenvalue weighted by atomic mass is 35.5. The Labute approximate surface area is 117 Å². The molecule has 0 spiro atoms. The summed E-state index contributed by atoms with van der Waals surface area (Å²) in [4.78, 5) is 12.0. The van der Waals surface area contributed by atoms with Crippen molar-refractivity contribution >= 4 is 23.2 Å². The molecule has 9 heteroatoms. The molecule has 2 aromatic heterocycles. The molecule has 0 aliphatic heterocycles. The summed E-state index contributed by atoms with van der Waals surface area (Å²) in [6, 6.07) is 6.41. The van der Waals surface area contributed by atoms with Crippen LogP contribution in [0.4, 0.5) is 5.69 Å². The summed E-state index contributed by atoms with van der Waals surface area (Å²) < 4.78 is 4.79. The molecule has 100 valence electrons. The van der Waals surface area contributed by atoms with Crippen molar-refractivity contribution < 1.29 is 9.32 Å². The summed E-state index contributed by atoms with van der Waals surface area (Å²) >= 11 is 5.94. The van der Waals surface area contributed by atoms with Gasteiger partial charge in [0, 0.05) is 16.7 Å². The lowest BCUT2D eigenvalue weighted by Crippen LogP contribution is -2.12. The molecule has 0 atom stereocenters. The zero-order chi connectivity index (χ0) is 13.9. The first kappa shape index (κ1) is 12.3. The highest BCUT2D eigenvalue weighted by Crippen LogP contribution is 2.28. The summed E-state index contributed by atoms with van der Waals surface area (Å²) in [6.07, 6.45) is 1.38. The van der Waals surface area contributed by atoms with Gasteiger partial charge in [-0.3, -0.25) is 4.79 Å².